The van der Waals surface area contributed by atoms with E-state index in [1.165, 1.54) is 0 Å². The maximum Gasteiger partial charge on any atom is 0.228 e. The van der Waals surface area contributed by atoms with Crippen molar-refractivity contribution in [2.24, 2.45) is 0 Å². The normalized spacial score (nSPS) is 10.8. The molecule has 1 amide bonds. The molecule has 2 heterocycles. The Balaban J connectivity index is 1.46. The number of carbonyl (C=O) groups is 1. The summed E-state index contributed by atoms with van der Waals surface area (Å²) in [6.45, 7) is 3.82. The summed E-state index contributed by atoms with van der Waals surface area (Å²) in [4.78, 5) is 12.5. The maximum atomic E-state index is 12.5. The number of hydrogen-bond donors (Lipinski definition) is 1. The van der Waals surface area contributed by atoms with Gasteiger partial charge in [0, 0.05) is 23.8 Å². The predicted molar refractivity (Wildman–Crippen MR) is 107 cm³/mol. The van der Waals surface area contributed by atoms with Crippen LogP contribution in [0.1, 0.15) is 17.0 Å². The average molecular weight is 372 g/mol. The molecule has 0 fully saturated rings. The van der Waals surface area contributed by atoms with Gasteiger partial charge in [-0.3, -0.25) is 4.79 Å². The van der Waals surface area contributed by atoms with Gasteiger partial charge in [0.15, 0.2) is 5.82 Å². The minimum Gasteiger partial charge on any atom is -0.326 e. The van der Waals surface area contributed by atoms with E-state index in [9.17, 15) is 4.79 Å². The van der Waals surface area contributed by atoms with E-state index >= 15 is 0 Å². The van der Waals surface area contributed by atoms with Crippen LogP contribution in [0.15, 0.2) is 67.0 Å². The largest absolute Gasteiger partial charge is 0.326 e. The zero-order valence-electron chi connectivity index (χ0n) is 15.7. The van der Waals surface area contributed by atoms with Gasteiger partial charge in [-0.15, -0.1) is 5.10 Å². The Morgan fingerprint density at radius 3 is 2.46 bits per heavy atom. The van der Waals surface area contributed by atoms with Crippen LogP contribution in [0.25, 0.3) is 11.4 Å². The maximum absolute atomic E-state index is 12.5. The molecule has 0 aliphatic heterocycles. The average Bonchev–Trinajstić information content (AvgIpc) is 3.36. The molecule has 0 aliphatic carbocycles. The summed E-state index contributed by atoms with van der Waals surface area (Å²) in [5.74, 6) is 0.617. The zero-order chi connectivity index (χ0) is 19.5. The molecule has 1 N–H and O–H groups in total. The third-order valence-electron chi connectivity index (χ3n) is 4.55. The summed E-state index contributed by atoms with van der Waals surface area (Å²) >= 11 is 0. The monoisotopic (exact) mass is 372 g/mol. The fourth-order valence-electron chi connectivity index (χ4n) is 3.05. The van der Waals surface area contributed by atoms with Crippen LogP contribution >= 0.6 is 0 Å². The number of benzene rings is 2. The van der Waals surface area contributed by atoms with Crippen LogP contribution in [0, 0.1) is 13.8 Å². The van der Waals surface area contributed by atoms with E-state index in [0.717, 1.165) is 22.5 Å². The second-order valence-electron chi connectivity index (χ2n) is 6.62. The molecule has 0 spiro atoms. The van der Waals surface area contributed by atoms with E-state index in [-0.39, 0.29) is 5.91 Å². The van der Waals surface area contributed by atoms with Crippen molar-refractivity contribution >= 4 is 11.6 Å². The lowest BCUT2D eigenvalue weighted by atomic mass is 10.1. The molecule has 0 bridgehead atoms. The lowest BCUT2D eigenvalue weighted by molar-refractivity contribution is -0.115. The van der Waals surface area contributed by atoms with Crippen molar-refractivity contribution in [1.29, 1.82) is 0 Å². The van der Waals surface area contributed by atoms with Gasteiger partial charge < -0.3 is 9.88 Å². The van der Waals surface area contributed by atoms with Gasteiger partial charge in [0.25, 0.3) is 0 Å². The minimum absolute atomic E-state index is 0.0723. The van der Waals surface area contributed by atoms with Crippen LogP contribution in [0.2, 0.25) is 0 Å². The number of aryl methyl sites for hydroxylation is 2. The van der Waals surface area contributed by atoms with Gasteiger partial charge >= 0.3 is 0 Å². The van der Waals surface area contributed by atoms with Gasteiger partial charge in [-0.05, 0) is 71.8 Å². The minimum atomic E-state index is -0.0723. The Hall–Kier alpha value is -3.74. The molecular weight excluding hydrogens is 352 g/mol. The van der Waals surface area contributed by atoms with Gasteiger partial charge in [0.1, 0.15) is 0 Å². The molecule has 2 aromatic carbocycles. The van der Waals surface area contributed by atoms with Gasteiger partial charge in [-0.2, -0.15) is 4.68 Å². The number of nitrogens with one attached hydrogen (secondary N) is 1. The highest BCUT2D eigenvalue weighted by atomic mass is 16.1. The molecule has 2 aromatic heterocycles. The first-order valence-electron chi connectivity index (χ1n) is 8.98. The number of nitrogens with zero attached hydrogens (tertiary/aromatic N) is 5. The van der Waals surface area contributed by atoms with Crippen molar-refractivity contribution in [3.8, 4) is 11.4 Å². The topological polar surface area (TPSA) is 77.6 Å². The number of amides is 1. The molecule has 7 nitrogen and oxygen atoms in total. The number of rotatable bonds is 5. The highest BCUT2D eigenvalue weighted by molar-refractivity contribution is 5.92. The molecule has 0 unspecified atom stereocenters. The number of aromatic nitrogens is 5. The number of anilines is 1. The summed E-state index contributed by atoms with van der Waals surface area (Å²) < 4.78 is 3.68. The molecule has 0 saturated heterocycles. The fourth-order valence-corrected chi connectivity index (χ4v) is 3.05. The van der Waals surface area contributed by atoms with Crippen LogP contribution in [-0.2, 0) is 11.2 Å². The number of tetrazole rings is 1. The number of carbonyl (C=O) groups excluding carboxylic acids is 1. The quantitative estimate of drug-likeness (QED) is 0.583. The molecule has 4 rings (SSSR count). The van der Waals surface area contributed by atoms with Crippen molar-refractivity contribution in [2.45, 2.75) is 20.3 Å². The summed E-state index contributed by atoms with van der Waals surface area (Å²) in [5.41, 5.74) is 4.60. The van der Waals surface area contributed by atoms with Crippen molar-refractivity contribution in [1.82, 2.24) is 24.8 Å². The van der Waals surface area contributed by atoms with E-state index in [2.05, 4.69) is 20.8 Å². The summed E-state index contributed by atoms with van der Waals surface area (Å²) in [6.07, 6.45) is 4.28. The van der Waals surface area contributed by atoms with E-state index in [1.807, 2.05) is 85.4 Å². The molecule has 0 radical (unpaired) electrons. The molecular formula is C21H20N6O. The van der Waals surface area contributed by atoms with E-state index < -0.39 is 0 Å². The van der Waals surface area contributed by atoms with Crippen molar-refractivity contribution in [2.75, 3.05) is 5.32 Å². The first kappa shape index (κ1) is 17.7. The van der Waals surface area contributed by atoms with Gasteiger partial charge in [0.2, 0.25) is 5.91 Å². The van der Waals surface area contributed by atoms with Crippen molar-refractivity contribution in [3.05, 3.63) is 83.9 Å². The smallest absolute Gasteiger partial charge is 0.228 e. The fraction of sp³-hybridized carbons (Fsp3) is 0.143. The van der Waals surface area contributed by atoms with Crippen LogP contribution < -0.4 is 5.32 Å². The molecule has 0 saturated carbocycles. The Morgan fingerprint density at radius 2 is 1.79 bits per heavy atom. The Kier molecular flexibility index (Phi) is 4.72. The Morgan fingerprint density at radius 1 is 1.04 bits per heavy atom. The van der Waals surface area contributed by atoms with Gasteiger partial charge in [0.05, 0.1) is 12.1 Å². The third-order valence-corrected chi connectivity index (χ3v) is 4.55. The first-order chi connectivity index (χ1) is 13.6. The molecule has 0 aliphatic rings. The van der Waals surface area contributed by atoms with E-state index in [1.54, 1.807) is 4.68 Å². The SMILES string of the molecule is Cc1ccc(NC(=O)Cc2ccc(-n3cccc3)cc2)cc1-n1nnnc1C. The van der Waals surface area contributed by atoms with Crippen LogP contribution in [-0.4, -0.2) is 30.7 Å². The molecule has 0 atom stereocenters. The predicted octanol–water partition coefficient (Wildman–Crippen LogP) is 3.25. The van der Waals surface area contributed by atoms with Gasteiger partial charge in [-0.25, -0.2) is 0 Å². The highest BCUT2D eigenvalue weighted by Crippen LogP contribution is 2.20. The zero-order valence-corrected chi connectivity index (χ0v) is 15.7. The van der Waals surface area contributed by atoms with Crippen molar-refractivity contribution in [3.63, 3.8) is 0 Å². The van der Waals surface area contributed by atoms with Crippen LogP contribution in [0.4, 0.5) is 5.69 Å². The van der Waals surface area contributed by atoms with E-state index in [4.69, 9.17) is 0 Å². The number of hydrogen-bond acceptors (Lipinski definition) is 4. The molecule has 28 heavy (non-hydrogen) atoms. The van der Waals surface area contributed by atoms with Crippen LogP contribution in [0.3, 0.4) is 0 Å². The van der Waals surface area contributed by atoms with Crippen LogP contribution in [0.5, 0.6) is 0 Å². The Bertz CT molecular complexity index is 1100. The lowest BCUT2D eigenvalue weighted by Crippen LogP contribution is -2.15. The second kappa shape index (κ2) is 7.48. The lowest BCUT2D eigenvalue weighted by Gasteiger charge is -2.11. The standard InChI is InChI=1S/C21H20N6O/c1-15-5-8-18(14-20(15)27-16(2)23-24-25-27)22-21(28)13-17-6-9-19(10-7-17)26-11-3-4-12-26/h3-12,14H,13H2,1-2H3,(H,22,28). The Labute approximate surface area is 162 Å². The molecule has 140 valence electrons. The second-order valence-corrected chi connectivity index (χ2v) is 6.62. The third kappa shape index (κ3) is 3.68. The van der Waals surface area contributed by atoms with E-state index in [0.29, 0.717) is 17.9 Å². The molecule has 7 heteroatoms. The summed E-state index contributed by atoms with van der Waals surface area (Å²) in [6, 6.07) is 17.6. The van der Waals surface area contributed by atoms with Gasteiger partial charge in [-0.1, -0.05) is 18.2 Å². The molecule has 4 aromatic rings. The highest BCUT2D eigenvalue weighted by Gasteiger charge is 2.10. The first-order valence-corrected chi connectivity index (χ1v) is 8.98. The van der Waals surface area contributed by atoms with Crippen molar-refractivity contribution < 1.29 is 4.79 Å². The summed E-state index contributed by atoms with van der Waals surface area (Å²) in [7, 11) is 0. The summed E-state index contributed by atoms with van der Waals surface area (Å²) in [5, 5.41) is 14.6.